The molecule has 1 N–H and O–H groups in total. The van der Waals surface area contributed by atoms with Crippen molar-refractivity contribution in [1.82, 2.24) is 9.47 Å². The molecule has 0 aliphatic heterocycles. The first-order valence-electron chi connectivity index (χ1n) is 11.6. The molecule has 1 aromatic heterocycles. The first-order valence-corrected chi connectivity index (χ1v) is 11.6. The topological polar surface area (TPSA) is 45.5 Å². The van der Waals surface area contributed by atoms with E-state index in [4.69, 9.17) is 0 Å². The van der Waals surface area contributed by atoms with Gasteiger partial charge in [-0.1, -0.05) is 84.4 Å². The summed E-state index contributed by atoms with van der Waals surface area (Å²) >= 11 is 0. The Kier molecular flexibility index (Phi) is 6.15. The van der Waals surface area contributed by atoms with Crippen LogP contribution >= 0.6 is 0 Å². The van der Waals surface area contributed by atoms with Gasteiger partial charge in [0.25, 0.3) is 5.91 Å². The number of fused-ring (bicyclic) bond motifs is 3. The molecule has 1 unspecified atom stereocenters. The van der Waals surface area contributed by atoms with E-state index in [-0.39, 0.29) is 12.5 Å². The second-order valence-electron chi connectivity index (χ2n) is 8.84. The smallest absolute Gasteiger partial charge is 0.254 e. The highest BCUT2D eigenvalue weighted by Gasteiger charge is 2.21. The standard InChI is InChI=1S/C30H28N2O2/c1-22-15-17-23(18-16-22)19-31(30(34)24-9-3-2-4-10-24)20-25(33)21-32-28-13-7-5-11-26(28)27-12-6-8-14-29(27)32/h2-18,25,33H,19-21H2,1H3. The van der Waals surface area contributed by atoms with E-state index < -0.39 is 6.10 Å². The van der Waals surface area contributed by atoms with E-state index in [2.05, 4.69) is 41.0 Å². The number of rotatable bonds is 7. The Morgan fingerprint density at radius 2 is 1.35 bits per heavy atom. The molecule has 0 bridgehead atoms. The van der Waals surface area contributed by atoms with Gasteiger partial charge in [-0.3, -0.25) is 4.79 Å². The van der Waals surface area contributed by atoms with Gasteiger partial charge in [0.1, 0.15) is 0 Å². The number of para-hydroxylation sites is 2. The van der Waals surface area contributed by atoms with Crippen LogP contribution in [0.4, 0.5) is 0 Å². The number of carbonyl (C=O) groups excluding carboxylic acids is 1. The molecule has 4 aromatic carbocycles. The lowest BCUT2D eigenvalue weighted by Crippen LogP contribution is -2.38. The predicted molar refractivity (Wildman–Crippen MR) is 138 cm³/mol. The summed E-state index contributed by atoms with van der Waals surface area (Å²) in [7, 11) is 0. The Morgan fingerprint density at radius 3 is 1.97 bits per heavy atom. The molecule has 170 valence electrons. The number of aromatic nitrogens is 1. The molecule has 34 heavy (non-hydrogen) atoms. The van der Waals surface area contributed by atoms with Gasteiger partial charge in [0, 0.05) is 40.5 Å². The second kappa shape index (κ2) is 9.54. The Morgan fingerprint density at radius 1 is 0.794 bits per heavy atom. The summed E-state index contributed by atoms with van der Waals surface area (Å²) in [6.07, 6.45) is -0.725. The van der Waals surface area contributed by atoms with Gasteiger partial charge in [-0.25, -0.2) is 0 Å². The molecule has 0 saturated heterocycles. The molecule has 0 radical (unpaired) electrons. The minimum Gasteiger partial charge on any atom is -0.389 e. The number of amides is 1. The molecule has 1 heterocycles. The minimum atomic E-state index is -0.725. The highest BCUT2D eigenvalue weighted by molar-refractivity contribution is 6.07. The fourth-order valence-electron chi connectivity index (χ4n) is 4.62. The summed E-state index contributed by atoms with van der Waals surface area (Å²) in [5.41, 5.74) is 5.01. The van der Waals surface area contributed by atoms with Crippen molar-refractivity contribution in [1.29, 1.82) is 0 Å². The Bertz CT molecular complexity index is 1370. The van der Waals surface area contributed by atoms with E-state index in [0.717, 1.165) is 16.6 Å². The Labute approximate surface area is 199 Å². The number of hydrogen-bond acceptors (Lipinski definition) is 2. The van der Waals surface area contributed by atoms with Crippen LogP contribution < -0.4 is 0 Å². The van der Waals surface area contributed by atoms with Crippen molar-refractivity contribution in [2.75, 3.05) is 6.54 Å². The van der Waals surface area contributed by atoms with Gasteiger partial charge in [0.05, 0.1) is 12.6 Å². The average molecular weight is 449 g/mol. The third-order valence-corrected chi connectivity index (χ3v) is 6.31. The highest BCUT2D eigenvalue weighted by atomic mass is 16.3. The summed E-state index contributed by atoms with van der Waals surface area (Å²) in [6.45, 7) is 3.13. The number of aliphatic hydroxyl groups excluding tert-OH is 1. The lowest BCUT2D eigenvalue weighted by molar-refractivity contribution is 0.0578. The van der Waals surface area contributed by atoms with Gasteiger partial charge in [-0.05, 0) is 36.8 Å². The van der Waals surface area contributed by atoms with Crippen LogP contribution in [0, 0.1) is 6.92 Å². The van der Waals surface area contributed by atoms with Crippen molar-refractivity contribution in [3.05, 3.63) is 120 Å². The van der Waals surface area contributed by atoms with Crippen LogP contribution in [0.2, 0.25) is 0 Å². The van der Waals surface area contributed by atoms with Gasteiger partial charge in [0.15, 0.2) is 0 Å². The van der Waals surface area contributed by atoms with Gasteiger partial charge in [0.2, 0.25) is 0 Å². The molecular formula is C30H28N2O2. The molecule has 5 rings (SSSR count). The fourth-order valence-corrected chi connectivity index (χ4v) is 4.62. The molecule has 0 fully saturated rings. The van der Waals surface area contributed by atoms with Crippen molar-refractivity contribution in [3.63, 3.8) is 0 Å². The lowest BCUT2D eigenvalue weighted by Gasteiger charge is -2.26. The Hall–Kier alpha value is -3.89. The molecule has 0 aliphatic rings. The van der Waals surface area contributed by atoms with Crippen molar-refractivity contribution in [2.24, 2.45) is 0 Å². The largest absolute Gasteiger partial charge is 0.389 e. The van der Waals surface area contributed by atoms with Gasteiger partial charge >= 0.3 is 0 Å². The molecule has 0 aliphatic carbocycles. The average Bonchev–Trinajstić information content (AvgIpc) is 3.19. The minimum absolute atomic E-state index is 0.0811. The van der Waals surface area contributed by atoms with E-state index in [1.807, 2.05) is 73.7 Å². The second-order valence-corrected chi connectivity index (χ2v) is 8.84. The highest BCUT2D eigenvalue weighted by Crippen LogP contribution is 2.29. The molecule has 4 nitrogen and oxygen atoms in total. The number of nitrogens with zero attached hydrogens (tertiary/aromatic N) is 2. The van der Waals surface area contributed by atoms with Gasteiger partial charge < -0.3 is 14.6 Å². The summed E-state index contributed by atoms with van der Waals surface area (Å²) in [5, 5.41) is 13.6. The summed E-state index contributed by atoms with van der Waals surface area (Å²) < 4.78 is 2.16. The molecule has 0 spiro atoms. The normalized spacial score (nSPS) is 12.2. The maximum atomic E-state index is 13.4. The summed E-state index contributed by atoms with van der Waals surface area (Å²) in [5.74, 6) is -0.0811. The maximum absolute atomic E-state index is 13.4. The van der Waals surface area contributed by atoms with E-state index in [1.54, 1.807) is 4.90 Å². The van der Waals surface area contributed by atoms with E-state index in [9.17, 15) is 9.90 Å². The van der Waals surface area contributed by atoms with Crippen molar-refractivity contribution in [3.8, 4) is 0 Å². The summed E-state index contributed by atoms with van der Waals surface area (Å²) in [4.78, 5) is 15.1. The predicted octanol–water partition coefficient (Wildman–Crippen LogP) is 5.81. The lowest BCUT2D eigenvalue weighted by atomic mass is 10.1. The van der Waals surface area contributed by atoms with Crippen LogP contribution in [0.1, 0.15) is 21.5 Å². The number of aryl methyl sites for hydroxylation is 1. The number of hydrogen-bond donors (Lipinski definition) is 1. The van der Waals surface area contributed by atoms with Crippen molar-refractivity contribution in [2.45, 2.75) is 26.1 Å². The number of aliphatic hydroxyl groups is 1. The van der Waals surface area contributed by atoms with Crippen LogP contribution in [-0.2, 0) is 13.1 Å². The van der Waals surface area contributed by atoms with E-state index in [1.165, 1.54) is 16.3 Å². The zero-order valence-corrected chi connectivity index (χ0v) is 19.3. The van der Waals surface area contributed by atoms with Gasteiger partial charge in [-0.15, -0.1) is 0 Å². The van der Waals surface area contributed by atoms with Gasteiger partial charge in [-0.2, -0.15) is 0 Å². The first-order chi connectivity index (χ1) is 16.6. The number of benzene rings is 4. The maximum Gasteiger partial charge on any atom is 0.254 e. The fraction of sp³-hybridized carbons (Fsp3) is 0.167. The number of carbonyl (C=O) groups is 1. The SMILES string of the molecule is Cc1ccc(CN(CC(O)Cn2c3ccccc3c3ccccc32)C(=O)c2ccccc2)cc1. The third kappa shape index (κ3) is 4.45. The Balaban J connectivity index is 1.44. The molecule has 1 amide bonds. The molecule has 4 heteroatoms. The van der Waals surface area contributed by atoms with Crippen LogP contribution in [0.15, 0.2) is 103 Å². The molecular weight excluding hydrogens is 420 g/mol. The monoisotopic (exact) mass is 448 g/mol. The summed E-state index contributed by atoms with van der Waals surface area (Å²) in [6, 6.07) is 34.0. The van der Waals surface area contributed by atoms with Crippen LogP contribution in [0.25, 0.3) is 21.8 Å². The molecule has 5 aromatic rings. The quantitative estimate of drug-likeness (QED) is 0.342. The zero-order chi connectivity index (χ0) is 23.5. The first kappa shape index (κ1) is 21.9. The molecule has 1 atom stereocenters. The molecule has 0 saturated carbocycles. The zero-order valence-electron chi connectivity index (χ0n) is 19.3. The van der Waals surface area contributed by atoms with E-state index >= 15 is 0 Å². The van der Waals surface area contributed by atoms with E-state index in [0.29, 0.717) is 18.7 Å². The van der Waals surface area contributed by atoms with Crippen LogP contribution in [0.5, 0.6) is 0 Å². The van der Waals surface area contributed by atoms with Crippen LogP contribution in [-0.4, -0.2) is 33.1 Å². The van der Waals surface area contributed by atoms with Crippen molar-refractivity contribution >= 4 is 27.7 Å². The third-order valence-electron chi connectivity index (χ3n) is 6.31. The van der Waals surface area contributed by atoms with Crippen LogP contribution in [0.3, 0.4) is 0 Å². The van der Waals surface area contributed by atoms with Crippen molar-refractivity contribution < 1.29 is 9.90 Å².